The van der Waals surface area contributed by atoms with Gasteiger partial charge in [-0.25, -0.2) is 0 Å². The third-order valence-electron chi connectivity index (χ3n) is 2.03. The summed E-state index contributed by atoms with van der Waals surface area (Å²) in [5.74, 6) is 0.00894. The largest absolute Gasteiger partial charge is 0.325 e. The molecular weight excluding hydrogens is 265 g/mol. The molecule has 0 saturated heterocycles. The third kappa shape index (κ3) is 3.89. The van der Waals surface area contributed by atoms with Crippen LogP contribution in [0.5, 0.6) is 0 Å². The molecule has 0 spiro atoms. The van der Waals surface area contributed by atoms with Gasteiger partial charge in [0.25, 0.3) is 0 Å². The predicted molar refractivity (Wildman–Crippen MR) is 72.7 cm³/mol. The molecule has 0 aliphatic rings. The average Bonchev–Trinajstić information content (AvgIpc) is 2.14. The Bertz CT molecular complexity index is 375. The number of carbonyl (C=O) groups excluding carboxylic acids is 1. The van der Waals surface area contributed by atoms with Gasteiger partial charge >= 0.3 is 0 Å². The SMILES string of the molecule is CC(C)C(S)C(=O)Nc1cc(Cl)cc(Cl)c1. The summed E-state index contributed by atoms with van der Waals surface area (Å²) in [4.78, 5) is 11.7. The van der Waals surface area contributed by atoms with Gasteiger partial charge in [0.1, 0.15) is 0 Å². The summed E-state index contributed by atoms with van der Waals surface area (Å²) in [7, 11) is 0. The topological polar surface area (TPSA) is 29.1 Å². The summed E-state index contributed by atoms with van der Waals surface area (Å²) >= 11 is 15.9. The van der Waals surface area contributed by atoms with Crippen molar-refractivity contribution in [2.45, 2.75) is 19.1 Å². The predicted octanol–water partition coefficient (Wildman–Crippen LogP) is 3.89. The molecule has 0 aliphatic carbocycles. The second-order valence-corrected chi connectivity index (χ2v) is 5.27. The standard InChI is InChI=1S/C11H13Cl2NOS/c1-6(2)10(16)11(15)14-9-4-7(12)3-8(13)5-9/h3-6,10,16H,1-2H3,(H,14,15). The molecule has 5 heteroatoms. The molecule has 1 aromatic rings. The minimum Gasteiger partial charge on any atom is -0.325 e. The smallest absolute Gasteiger partial charge is 0.237 e. The minimum absolute atomic E-state index is 0.156. The van der Waals surface area contributed by atoms with Gasteiger partial charge in [0.05, 0.1) is 5.25 Å². The number of halogens is 2. The lowest BCUT2D eigenvalue weighted by molar-refractivity contribution is -0.116. The van der Waals surface area contributed by atoms with Crippen LogP contribution in [0.4, 0.5) is 5.69 Å². The first-order valence-electron chi connectivity index (χ1n) is 4.85. The molecule has 0 radical (unpaired) electrons. The number of rotatable bonds is 3. The maximum absolute atomic E-state index is 11.7. The van der Waals surface area contributed by atoms with E-state index >= 15 is 0 Å². The third-order valence-corrected chi connectivity index (χ3v) is 3.30. The summed E-state index contributed by atoms with van der Waals surface area (Å²) < 4.78 is 0. The summed E-state index contributed by atoms with van der Waals surface area (Å²) in [5, 5.41) is 3.35. The molecule has 1 amide bonds. The number of amides is 1. The van der Waals surface area contributed by atoms with E-state index in [1.54, 1.807) is 18.2 Å². The fourth-order valence-corrected chi connectivity index (χ4v) is 1.74. The number of anilines is 1. The van der Waals surface area contributed by atoms with Crippen molar-refractivity contribution < 1.29 is 4.79 Å². The first-order valence-corrected chi connectivity index (χ1v) is 6.12. The van der Waals surface area contributed by atoms with Gasteiger partial charge in [-0.15, -0.1) is 0 Å². The number of benzene rings is 1. The summed E-state index contributed by atoms with van der Waals surface area (Å²) in [5.41, 5.74) is 0.585. The van der Waals surface area contributed by atoms with Gasteiger partial charge < -0.3 is 5.32 Å². The lowest BCUT2D eigenvalue weighted by atomic mass is 10.1. The van der Waals surface area contributed by atoms with Crippen LogP contribution in [0, 0.1) is 5.92 Å². The van der Waals surface area contributed by atoms with Crippen molar-refractivity contribution in [2.24, 2.45) is 5.92 Å². The Labute approximate surface area is 111 Å². The first kappa shape index (κ1) is 13.7. The zero-order valence-electron chi connectivity index (χ0n) is 9.00. The van der Waals surface area contributed by atoms with Gasteiger partial charge in [-0.05, 0) is 24.1 Å². The van der Waals surface area contributed by atoms with E-state index in [4.69, 9.17) is 23.2 Å². The first-order chi connectivity index (χ1) is 7.40. The Hall–Kier alpha value is -0.380. The van der Waals surface area contributed by atoms with Gasteiger partial charge in [0, 0.05) is 15.7 Å². The van der Waals surface area contributed by atoms with Crippen molar-refractivity contribution in [1.82, 2.24) is 0 Å². The van der Waals surface area contributed by atoms with Gasteiger partial charge in [0.15, 0.2) is 0 Å². The minimum atomic E-state index is -0.349. The van der Waals surface area contributed by atoms with E-state index < -0.39 is 0 Å². The highest BCUT2D eigenvalue weighted by Gasteiger charge is 2.17. The van der Waals surface area contributed by atoms with E-state index in [-0.39, 0.29) is 17.1 Å². The molecule has 0 fully saturated rings. The molecule has 1 aromatic carbocycles. The van der Waals surface area contributed by atoms with Gasteiger partial charge in [-0.2, -0.15) is 12.6 Å². The Morgan fingerprint density at radius 3 is 2.19 bits per heavy atom. The highest BCUT2D eigenvalue weighted by Crippen LogP contribution is 2.23. The fraction of sp³-hybridized carbons (Fsp3) is 0.364. The molecule has 1 unspecified atom stereocenters. The van der Waals surface area contributed by atoms with Crippen molar-refractivity contribution in [3.63, 3.8) is 0 Å². The van der Waals surface area contributed by atoms with Crippen LogP contribution in [0.1, 0.15) is 13.8 Å². The lowest BCUT2D eigenvalue weighted by Gasteiger charge is -2.14. The van der Waals surface area contributed by atoms with E-state index in [1.165, 1.54) is 0 Å². The Morgan fingerprint density at radius 1 is 1.25 bits per heavy atom. The van der Waals surface area contributed by atoms with E-state index in [2.05, 4.69) is 17.9 Å². The van der Waals surface area contributed by atoms with E-state index in [0.717, 1.165) is 0 Å². The zero-order chi connectivity index (χ0) is 12.3. The van der Waals surface area contributed by atoms with Crippen LogP contribution < -0.4 is 5.32 Å². The second kappa shape index (κ2) is 5.80. The quantitative estimate of drug-likeness (QED) is 0.807. The molecular formula is C11H13Cl2NOS. The van der Waals surface area contributed by atoms with Crippen LogP contribution in [-0.4, -0.2) is 11.2 Å². The van der Waals surface area contributed by atoms with Crippen LogP contribution in [0.25, 0.3) is 0 Å². The maximum atomic E-state index is 11.7. The summed E-state index contributed by atoms with van der Waals surface area (Å²) in [6, 6.07) is 4.90. The fourth-order valence-electron chi connectivity index (χ4n) is 1.14. The molecule has 0 aromatic heterocycles. The van der Waals surface area contributed by atoms with Crippen molar-refractivity contribution in [2.75, 3.05) is 5.32 Å². The number of hydrogen-bond donors (Lipinski definition) is 2. The van der Waals surface area contributed by atoms with Gasteiger partial charge in [-0.3, -0.25) is 4.79 Å². The van der Waals surface area contributed by atoms with Crippen LogP contribution in [-0.2, 0) is 4.79 Å². The van der Waals surface area contributed by atoms with Crippen LogP contribution in [0.3, 0.4) is 0 Å². The van der Waals surface area contributed by atoms with E-state index in [9.17, 15) is 4.79 Å². The summed E-state index contributed by atoms with van der Waals surface area (Å²) in [6.07, 6.45) is 0. The second-order valence-electron chi connectivity index (χ2n) is 3.84. The van der Waals surface area contributed by atoms with Crippen molar-refractivity contribution >= 4 is 47.4 Å². The molecule has 0 bridgehead atoms. The number of hydrogen-bond acceptors (Lipinski definition) is 2. The molecule has 16 heavy (non-hydrogen) atoms. The molecule has 1 atom stereocenters. The lowest BCUT2D eigenvalue weighted by Crippen LogP contribution is -2.27. The Morgan fingerprint density at radius 2 is 1.75 bits per heavy atom. The Kier molecular flexibility index (Phi) is 4.96. The molecule has 2 nitrogen and oxygen atoms in total. The average molecular weight is 278 g/mol. The number of thiol groups is 1. The molecule has 1 rings (SSSR count). The molecule has 88 valence electrons. The van der Waals surface area contributed by atoms with Crippen molar-refractivity contribution in [3.05, 3.63) is 28.2 Å². The van der Waals surface area contributed by atoms with Crippen LogP contribution >= 0.6 is 35.8 Å². The maximum Gasteiger partial charge on any atom is 0.237 e. The van der Waals surface area contributed by atoms with Gasteiger partial charge in [-0.1, -0.05) is 37.0 Å². The number of nitrogens with one attached hydrogen (secondary N) is 1. The van der Waals surface area contributed by atoms with E-state index in [1.807, 2.05) is 13.8 Å². The van der Waals surface area contributed by atoms with Crippen molar-refractivity contribution in [3.8, 4) is 0 Å². The normalized spacial score (nSPS) is 12.6. The molecule has 0 aliphatic heterocycles. The summed E-state index contributed by atoms with van der Waals surface area (Å²) in [6.45, 7) is 3.87. The highest BCUT2D eigenvalue weighted by atomic mass is 35.5. The number of carbonyl (C=O) groups is 1. The van der Waals surface area contributed by atoms with Crippen molar-refractivity contribution in [1.29, 1.82) is 0 Å². The van der Waals surface area contributed by atoms with E-state index in [0.29, 0.717) is 15.7 Å². The van der Waals surface area contributed by atoms with Crippen LogP contribution in [0.2, 0.25) is 10.0 Å². The van der Waals surface area contributed by atoms with Gasteiger partial charge in [0.2, 0.25) is 5.91 Å². The molecule has 0 heterocycles. The van der Waals surface area contributed by atoms with Crippen LogP contribution in [0.15, 0.2) is 18.2 Å². The highest BCUT2D eigenvalue weighted by molar-refractivity contribution is 7.81. The molecule has 1 N–H and O–H groups in total. The molecule has 0 saturated carbocycles. The monoisotopic (exact) mass is 277 g/mol. The Balaban J connectivity index is 2.77. The zero-order valence-corrected chi connectivity index (χ0v) is 11.4.